The fraction of sp³-hybridized carbons (Fsp3) is 1.00. The molecule has 2 fully saturated rings. The molecule has 0 aromatic carbocycles. The maximum Gasteiger partial charge on any atom is 0.0480 e. The second-order valence-corrected chi connectivity index (χ2v) is 6.45. The zero-order chi connectivity index (χ0) is 11.2. The zero-order valence-electron chi connectivity index (χ0n) is 10.4. The minimum absolute atomic E-state index is 0.713. The minimum atomic E-state index is 0.713. The quantitative estimate of drug-likeness (QED) is 0.820. The lowest BCUT2D eigenvalue weighted by atomic mass is 10.1. The maximum absolute atomic E-state index is 5.52. The Morgan fingerprint density at radius 2 is 2.06 bits per heavy atom. The monoisotopic (exact) mass is 243 g/mol. The molecule has 2 rings (SSSR count). The van der Waals surface area contributed by atoms with Gasteiger partial charge in [0.25, 0.3) is 0 Å². The van der Waals surface area contributed by atoms with Crippen LogP contribution in [0.4, 0.5) is 0 Å². The number of thioether (sulfide) groups is 1. The van der Waals surface area contributed by atoms with Gasteiger partial charge in [0.2, 0.25) is 0 Å². The Morgan fingerprint density at radius 3 is 2.94 bits per heavy atom. The summed E-state index contributed by atoms with van der Waals surface area (Å²) in [6.07, 6.45) is 7.96. The Bertz CT molecular complexity index is 192. The van der Waals surface area contributed by atoms with Crippen molar-refractivity contribution in [3.8, 4) is 0 Å². The van der Waals surface area contributed by atoms with Crippen LogP contribution in [0.3, 0.4) is 0 Å². The molecule has 1 heterocycles. The van der Waals surface area contributed by atoms with Gasteiger partial charge in [-0.2, -0.15) is 11.8 Å². The van der Waals surface area contributed by atoms with Gasteiger partial charge in [-0.25, -0.2) is 0 Å². The van der Waals surface area contributed by atoms with Crippen molar-refractivity contribution in [2.45, 2.75) is 62.8 Å². The van der Waals surface area contributed by atoms with Crippen LogP contribution >= 0.6 is 11.8 Å². The first-order valence-corrected chi connectivity index (χ1v) is 7.90. The third-order valence-corrected chi connectivity index (χ3v) is 5.06. The van der Waals surface area contributed by atoms with Crippen LogP contribution in [-0.2, 0) is 4.74 Å². The molecule has 3 unspecified atom stereocenters. The third-order valence-electron chi connectivity index (χ3n) is 3.73. The lowest BCUT2D eigenvalue weighted by molar-refractivity contribution is 0.142. The SMILES string of the molecule is CCSC1CCCC1NC1CCCOCC1. The van der Waals surface area contributed by atoms with E-state index in [1.54, 1.807) is 0 Å². The molecule has 2 nitrogen and oxygen atoms in total. The van der Waals surface area contributed by atoms with Crippen molar-refractivity contribution in [2.75, 3.05) is 19.0 Å². The summed E-state index contributed by atoms with van der Waals surface area (Å²) in [6.45, 7) is 4.20. The molecule has 0 aromatic rings. The van der Waals surface area contributed by atoms with Gasteiger partial charge in [-0.05, 0) is 37.9 Å². The Kier molecular flexibility index (Phi) is 5.46. The topological polar surface area (TPSA) is 21.3 Å². The van der Waals surface area contributed by atoms with Crippen LogP contribution in [0.1, 0.15) is 45.4 Å². The molecular weight excluding hydrogens is 218 g/mol. The molecule has 3 heteroatoms. The molecule has 0 radical (unpaired) electrons. The van der Waals surface area contributed by atoms with Gasteiger partial charge < -0.3 is 10.1 Å². The van der Waals surface area contributed by atoms with Gasteiger partial charge in [-0.1, -0.05) is 13.3 Å². The summed E-state index contributed by atoms with van der Waals surface area (Å²) in [7, 11) is 0. The molecule has 1 aliphatic carbocycles. The van der Waals surface area contributed by atoms with Crippen molar-refractivity contribution in [2.24, 2.45) is 0 Å². The van der Waals surface area contributed by atoms with Crippen LogP contribution in [0, 0.1) is 0 Å². The van der Waals surface area contributed by atoms with Crippen molar-refractivity contribution in [3.05, 3.63) is 0 Å². The fourth-order valence-electron chi connectivity index (χ4n) is 2.90. The second kappa shape index (κ2) is 6.87. The molecule has 16 heavy (non-hydrogen) atoms. The summed E-state index contributed by atoms with van der Waals surface area (Å²) in [4.78, 5) is 0. The first-order chi connectivity index (χ1) is 7.90. The van der Waals surface area contributed by atoms with Crippen molar-refractivity contribution < 1.29 is 4.74 Å². The number of hydrogen-bond acceptors (Lipinski definition) is 3. The molecular formula is C13H25NOS. The van der Waals surface area contributed by atoms with E-state index in [0.29, 0.717) is 6.04 Å². The molecule has 94 valence electrons. The van der Waals surface area contributed by atoms with Gasteiger partial charge in [-0.3, -0.25) is 0 Å². The van der Waals surface area contributed by atoms with E-state index in [-0.39, 0.29) is 0 Å². The lowest BCUT2D eigenvalue weighted by Gasteiger charge is -2.25. The summed E-state index contributed by atoms with van der Waals surface area (Å²) in [5.41, 5.74) is 0. The van der Waals surface area contributed by atoms with Crippen LogP contribution in [0.15, 0.2) is 0 Å². The van der Waals surface area contributed by atoms with E-state index in [2.05, 4.69) is 24.0 Å². The average Bonchev–Trinajstić information content (AvgIpc) is 2.56. The summed E-state index contributed by atoms with van der Waals surface area (Å²) in [6, 6.07) is 1.48. The van der Waals surface area contributed by atoms with Gasteiger partial charge >= 0.3 is 0 Å². The van der Waals surface area contributed by atoms with Crippen LogP contribution < -0.4 is 5.32 Å². The number of rotatable bonds is 4. The fourth-order valence-corrected chi connectivity index (χ4v) is 4.11. The first-order valence-electron chi connectivity index (χ1n) is 6.85. The summed E-state index contributed by atoms with van der Waals surface area (Å²) < 4.78 is 5.52. The predicted molar refractivity (Wildman–Crippen MR) is 71.2 cm³/mol. The van der Waals surface area contributed by atoms with E-state index in [1.807, 2.05) is 0 Å². The van der Waals surface area contributed by atoms with E-state index in [1.165, 1.54) is 44.3 Å². The highest BCUT2D eigenvalue weighted by Crippen LogP contribution is 2.30. The molecule has 1 N–H and O–H groups in total. The van der Waals surface area contributed by atoms with E-state index < -0.39 is 0 Å². The van der Waals surface area contributed by atoms with E-state index >= 15 is 0 Å². The van der Waals surface area contributed by atoms with Gasteiger partial charge in [0.15, 0.2) is 0 Å². The minimum Gasteiger partial charge on any atom is -0.381 e. The van der Waals surface area contributed by atoms with Crippen molar-refractivity contribution >= 4 is 11.8 Å². The van der Waals surface area contributed by atoms with Gasteiger partial charge in [0, 0.05) is 30.5 Å². The summed E-state index contributed by atoms with van der Waals surface area (Å²) in [5.74, 6) is 1.26. The molecule has 0 spiro atoms. The van der Waals surface area contributed by atoms with Crippen LogP contribution in [-0.4, -0.2) is 36.3 Å². The second-order valence-electron chi connectivity index (χ2n) is 4.94. The maximum atomic E-state index is 5.52. The van der Waals surface area contributed by atoms with Crippen LogP contribution in [0.5, 0.6) is 0 Å². The van der Waals surface area contributed by atoms with E-state index in [4.69, 9.17) is 4.74 Å². The Hall–Kier alpha value is 0.270. The van der Waals surface area contributed by atoms with Crippen LogP contribution in [0.2, 0.25) is 0 Å². The van der Waals surface area contributed by atoms with E-state index in [9.17, 15) is 0 Å². The Morgan fingerprint density at radius 1 is 1.12 bits per heavy atom. The largest absolute Gasteiger partial charge is 0.381 e. The third kappa shape index (κ3) is 3.64. The molecule has 0 amide bonds. The lowest BCUT2D eigenvalue weighted by Crippen LogP contribution is -2.41. The molecule has 1 saturated carbocycles. The molecule has 1 saturated heterocycles. The van der Waals surface area contributed by atoms with Gasteiger partial charge in [0.05, 0.1) is 0 Å². The Labute approximate surface area is 104 Å². The zero-order valence-corrected chi connectivity index (χ0v) is 11.2. The molecule has 1 aliphatic heterocycles. The molecule has 0 bridgehead atoms. The van der Waals surface area contributed by atoms with E-state index in [0.717, 1.165) is 24.5 Å². The smallest absolute Gasteiger partial charge is 0.0480 e. The average molecular weight is 243 g/mol. The summed E-state index contributed by atoms with van der Waals surface area (Å²) in [5, 5.41) is 4.76. The molecule has 3 atom stereocenters. The normalized spacial score (nSPS) is 36.2. The molecule has 0 aromatic heterocycles. The highest BCUT2D eigenvalue weighted by atomic mass is 32.2. The first kappa shape index (κ1) is 12.7. The van der Waals surface area contributed by atoms with Crippen molar-refractivity contribution in [1.82, 2.24) is 5.32 Å². The number of hydrogen-bond donors (Lipinski definition) is 1. The van der Waals surface area contributed by atoms with Crippen LogP contribution in [0.25, 0.3) is 0 Å². The van der Waals surface area contributed by atoms with Crippen molar-refractivity contribution in [1.29, 1.82) is 0 Å². The van der Waals surface area contributed by atoms with Gasteiger partial charge in [0.1, 0.15) is 0 Å². The Balaban J connectivity index is 1.78. The standard InChI is InChI=1S/C13H25NOS/c1-2-16-13-7-3-6-12(13)14-11-5-4-9-15-10-8-11/h11-14H,2-10H2,1H3. The highest BCUT2D eigenvalue weighted by Gasteiger charge is 2.28. The number of nitrogens with one attached hydrogen (secondary N) is 1. The molecule has 2 aliphatic rings. The van der Waals surface area contributed by atoms with Crippen molar-refractivity contribution in [3.63, 3.8) is 0 Å². The highest BCUT2D eigenvalue weighted by molar-refractivity contribution is 7.99. The summed E-state index contributed by atoms with van der Waals surface area (Å²) >= 11 is 2.15. The number of ether oxygens (including phenoxy) is 1. The predicted octanol–water partition coefficient (Wildman–Crippen LogP) is 2.82. The van der Waals surface area contributed by atoms with Gasteiger partial charge in [-0.15, -0.1) is 0 Å².